The first-order chi connectivity index (χ1) is 6.88. The summed E-state index contributed by atoms with van der Waals surface area (Å²) in [6, 6.07) is 9.48. The third-order valence-electron chi connectivity index (χ3n) is 2.87. The summed E-state index contributed by atoms with van der Waals surface area (Å²) in [5.74, 6) is 0.158. The molecule has 0 aliphatic carbocycles. The van der Waals surface area contributed by atoms with Crippen LogP contribution in [0.3, 0.4) is 0 Å². The fraction of sp³-hybridized carbons (Fsp3) is 0.500. The van der Waals surface area contributed by atoms with Gasteiger partial charge in [-0.3, -0.25) is 0 Å². The maximum absolute atomic E-state index is 14.0. The Labute approximate surface area is 84.3 Å². The highest BCUT2D eigenvalue weighted by Crippen LogP contribution is 2.30. The van der Waals surface area contributed by atoms with Crippen LogP contribution in [0.2, 0.25) is 0 Å². The van der Waals surface area contributed by atoms with Gasteiger partial charge in [-0.05, 0) is 24.9 Å². The largest absolute Gasteiger partial charge is 0.316 e. The van der Waals surface area contributed by atoms with Crippen molar-refractivity contribution in [3.05, 3.63) is 35.9 Å². The molecule has 2 unspecified atom stereocenters. The van der Waals surface area contributed by atoms with Gasteiger partial charge in [0, 0.05) is 12.5 Å². The first-order valence-electron chi connectivity index (χ1n) is 5.27. The van der Waals surface area contributed by atoms with Gasteiger partial charge in [-0.15, -0.1) is 0 Å². The van der Waals surface area contributed by atoms with Gasteiger partial charge in [-0.2, -0.15) is 0 Å². The molecule has 14 heavy (non-hydrogen) atoms. The topological polar surface area (TPSA) is 12.0 Å². The quantitative estimate of drug-likeness (QED) is 0.761. The molecular formula is C12H16FN. The van der Waals surface area contributed by atoms with Crippen LogP contribution in [0.5, 0.6) is 0 Å². The van der Waals surface area contributed by atoms with Gasteiger partial charge < -0.3 is 5.32 Å². The zero-order valence-electron chi connectivity index (χ0n) is 8.25. The van der Waals surface area contributed by atoms with Crippen LogP contribution >= 0.6 is 0 Å². The molecule has 0 radical (unpaired) electrons. The van der Waals surface area contributed by atoms with Crippen LogP contribution in [0.15, 0.2) is 30.3 Å². The number of halogens is 1. The zero-order valence-corrected chi connectivity index (χ0v) is 8.25. The van der Waals surface area contributed by atoms with E-state index in [9.17, 15) is 4.39 Å². The molecular weight excluding hydrogens is 177 g/mol. The number of hydrogen-bond acceptors (Lipinski definition) is 1. The van der Waals surface area contributed by atoms with Gasteiger partial charge in [0.15, 0.2) is 0 Å². The van der Waals surface area contributed by atoms with E-state index in [0.717, 1.165) is 31.5 Å². The average molecular weight is 193 g/mol. The zero-order chi connectivity index (χ0) is 9.80. The summed E-state index contributed by atoms with van der Waals surface area (Å²) >= 11 is 0. The van der Waals surface area contributed by atoms with Crippen LogP contribution in [0.1, 0.15) is 24.6 Å². The van der Waals surface area contributed by atoms with Gasteiger partial charge in [-0.1, -0.05) is 30.3 Å². The van der Waals surface area contributed by atoms with Crippen LogP contribution in [0, 0.1) is 5.92 Å². The monoisotopic (exact) mass is 193 g/mol. The lowest BCUT2D eigenvalue weighted by Crippen LogP contribution is -2.32. The molecule has 1 aliphatic heterocycles. The van der Waals surface area contributed by atoms with Crippen molar-refractivity contribution in [2.24, 2.45) is 5.92 Å². The molecule has 1 aliphatic rings. The summed E-state index contributed by atoms with van der Waals surface area (Å²) in [5.41, 5.74) is 0.821. The van der Waals surface area contributed by atoms with Gasteiger partial charge in [0.2, 0.25) is 0 Å². The maximum atomic E-state index is 14.0. The summed E-state index contributed by atoms with van der Waals surface area (Å²) in [6.07, 6.45) is 1.30. The molecule has 1 N–H and O–H groups in total. The fourth-order valence-electron chi connectivity index (χ4n) is 2.04. The average Bonchev–Trinajstić information content (AvgIpc) is 2.30. The second-order valence-corrected chi connectivity index (χ2v) is 3.92. The van der Waals surface area contributed by atoms with E-state index in [1.807, 2.05) is 30.3 Å². The standard InChI is InChI=1S/C12H16FN/c13-12(10-5-2-1-3-6-10)11-7-4-8-14-9-11/h1-3,5-6,11-12,14H,4,7-9H2. The number of alkyl halides is 1. The first kappa shape index (κ1) is 9.66. The molecule has 0 saturated carbocycles. The molecule has 1 saturated heterocycles. The lowest BCUT2D eigenvalue weighted by molar-refractivity contribution is 0.194. The van der Waals surface area contributed by atoms with E-state index in [4.69, 9.17) is 0 Å². The number of nitrogens with one attached hydrogen (secondary N) is 1. The third-order valence-corrected chi connectivity index (χ3v) is 2.87. The molecule has 1 aromatic carbocycles. The van der Waals surface area contributed by atoms with E-state index in [2.05, 4.69) is 5.32 Å². The highest BCUT2D eigenvalue weighted by molar-refractivity contribution is 5.18. The smallest absolute Gasteiger partial charge is 0.129 e. The predicted molar refractivity (Wildman–Crippen MR) is 55.9 cm³/mol. The normalized spacial score (nSPS) is 24.5. The van der Waals surface area contributed by atoms with Crippen molar-refractivity contribution < 1.29 is 4.39 Å². The molecule has 76 valence electrons. The second-order valence-electron chi connectivity index (χ2n) is 3.92. The second kappa shape index (κ2) is 4.56. The molecule has 0 spiro atoms. The van der Waals surface area contributed by atoms with Gasteiger partial charge >= 0.3 is 0 Å². The Balaban J connectivity index is 2.03. The molecule has 0 aromatic heterocycles. The SMILES string of the molecule is FC(c1ccccc1)C1CCCNC1. The Bertz CT molecular complexity index is 267. The van der Waals surface area contributed by atoms with E-state index in [-0.39, 0.29) is 5.92 Å². The predicted octanol–water partition coefficient (Wildman–Crippen LogP) is 2.70. The van der Waals surface area contributed by atoms with Crippen molar-refractivity contribution in [3.8, 4) is 0 Å². The third kappa shape index (κ3) is 2.13. The highest BCUT2D eigenvalue weighted by atomic mass is 19.1. The Kier molecular flexibility index (Phi) is 3.14. The maximum Gasteiger partial charge on any atom is 0.129 e. The van der Waals surface area contributed by atoms with Gasteiger partial charge in [0.1, 0.15) is 6.17 Å². The summed E-state index contributed by atoms with van der Waals surface area (Å²) < 4.78 is 14.0. The first-order valence-corrected chi connectivity index (χ1v) is 5.27. The molecule has 1 nitrogen and oxygen atoms in total. The van der Waals surface area contributed by atoms with E-state index in [0.29, 0.717) is 0 Å². The number of piperidine rings is 1. The number of benzene rings is 1. The van der Waals surface area contributed by atoms with E-state index in [1.54, 1.807) is 0 Å². The molecule has 1 fully saturated rings. The van der Waals surface area contributed by atoms with Gasteiger partial charge in [0.25, 0.3) is 0 Å². The van der Waals surface area contributed by atoms with Crippen molar-refractivity contribution in [1.29, 1.82) is 0 Å². The van der Waals surface area contributed by atoms with Crippen molar-refractivity contribution >= 4 is 0 Å². The molecule has 0 bridgehead atoms. The van der Waals surface area contributed by atoms with Crippen molar-refractivity contribution in [1.82, 2.24) is 5.32 Å². The van der Waals surface area contributed by atoms with Crippen LogP contribution in [0.25, 0.3) is 0 Å². The minimum atomic E-state index is -0.802. The Hall–Kier alpha value is -0.890. The summed E-state index contributed by atoms with van der Waals surface area (Å²) in [5, 5.41) is 3.25. The van der Waals surface area contributed by atoms with Crippen molar-refractivity contribution in [2.45, 2.75) is 19.0 Å². The lowest BCUT2D eigenvalue weighted by atomic mass is 9.90. The van der Waals surface area contributed by atoms with Gasteiger partial charge in [0.05, 0.1) is 0 Å². The summed E-state index contributed by atoms with van der Waals surface area (Å²) in [6.45, 7) is 1.86. The number of rotatable bonds is 2. The van der Waals surface area contributed by atoms with Crippen LogP contribution < -0.4 is 5.32 Å². The van der Waals surface area contributed by atoms with E-state index in [1.165, 1.54) is 0 Å². The Morgan fingerprint density at radius 1 is 1.29 bits per heavy atom. The minimum Gasteiger partial charge on any atom is -0.316 e. The van der Waals surface area contributed by atoms with Gasteiger partial charge in [-0.25, -0.2) is 4.39 Å². The molecule has 0 amide bonds. The van der Waals surface area contributed by atoms with Crippen LogP contribution in [0.4, 0.5) is 4.39 Å². The van der Waals surface area contributed by atoms with Crippen molar-refractivity contribution in [2.75, 3.05) is 13.1 Å². The summed E-state index contributed by atoms with van der Waals surface area (Å²) in [7, 11) is 0. The van der Waals surface area contributed by atoms with Crippen molar-refractivity contribution in [3.63, 3.8) is 0 Å². The Morgan fingerprint density at radius 2 is 2.07 bits per heavy atom. The molecule has 2 heteroatoms. The van der Waals surface area contributed by atoms with E-state index < -0.39 is 6.17 Å². The highest BCUT2D eigenvalue weighted by Gasteiger charge is 2.23. The Morgan fingerprint density at radius 3 is 2.71 bits per heavy atom. The molecule has 2 atom stereocenters. The van der Waals surface area contributed by atoms with Crippen LogP contribution in [-0.2, 0) is 0 Å². The minimum absolute atomic E-state index is 0.158. The van der Waals surface area contributed by atoms with E-state index >= 15 is 0 Å². The summed E-state index contributed by atoms with van der Waals surface area (Å²) in [4.78, 5) is 0. The number of hydrogen-bond donors (Lipinski definition) is 1. The molecule has 1 heterocycles. The van der Waals surface area contributed by atoms with Crippen LogP contribution in [-0.4, -0.2) is 13.1 Å². The lowest BCUT2D eigenvalue weighted by Gasteiger charge is -2.25. The molecule has 1 aromatic rings. The molecule has 2 rings (SSSR count). The fourth-order valence-corrected chi connectivity index (χ4v) is 2.04.